The predicted molar refractivity (Wildman–Crippen MR) is 49.5 cm³/mol. The molecule has 1 aliphatic rings. The molecule has 80 valence electrons. The highest BCUT2D eigenvalue weighted by Gasteiger charge is 2.39. The zero-order valence-electron chi connectivity index (χ0n) is 8.18. The molecule has 5 nitrogen and oxygen atoms in total. The normalized spacial score (nSPS) is 32.5. The summed E-state index contributed by atoms with van der Waals surface area (Å²) in [6.07, 6.45) is 2.19. The summed E-state index contributed by atoms with van der Waals surface area (Å²) in [7, 11) is 0. The molecule has 0 amide bonds. The van der Waals surface area contributed by atoms with E-state index < -0.39 is 12.0 Å². The van der Waals surface area contributed by atoms with Gasteiger partial charge in [-0.3, -0.25) is 14.9 Å². The quantitative estimate of drug-likeness (QED) is 0.554. The van der Waals surface area contributed by atoms with Crippen LogP contribution in [0.3, 0.4) is 0 Å². The van der Waals surface area contributed by atoms with Crippen LogP contribution in [-0.4, -0.2) is 22.0 Å². The van der Waals surface area contributed by atoms with Gasteiger partial charge in [0, 0.05) is 17.3 Å². The van der Waals surface area contributed by atoms with Gasteiger partial charge in [0.15, 0.2) is 0 Å². The van der Waals surface area contributed by atoms with E-state index in [0.29, 0.717) is 6.42 Å². The van der Waals surface area contributed by atoms with Crippen molar-refractivity contribution in [3.8, 4) is 0 Å². The smallest absolute Gasteiger partial charge is 0.303 e. The molecule has 0 radical (unpaired) electrons. The van der Waals surface area contributed by atoms with Crippen LogP contribution in [0.2, 0.25) is 0 Å². The molecule has 0 unspecified atom stereocenters. The summed E-state index contributed by atoms with van der Waals surface area (Å²) in [6.45, 7) is 1.91. The van der Waals surface area contributed by atoms with Crippen molar-refractivity contribution >= 4 is 5.97 Å². The van der Waals surface area contributed by atoms with Crippen molar-refractivity contribution in [1.29, 1.82) is 0 Å². The second-order valence-electron chi connectivity index (χ2n) is 4.02. The predicted octanol–water partition coefficient (Wildman–Crippen LogP) is 1.54. The van der Waals surface area contributed by atoms with Crippen LogP contribution in [0.4, 0.5) is 0 Å². The van der Waals surface area contributed by atoms with Crippen molar-refractivity contribution in [2.75, 3.05) is 0 Å². The molecule has 14 heavy (non-hydrogen) atoms. The Morgan fingerprint density at radius 3 is 2.71 bits per heavy atom. The maximum absolute atomic E-state index is 10.7. The molecule has 0 heterocycles. The molecule has 1 N–H and O–H groups in total. The van der Waals surface area contributed by atoms with Crippen LogP contribution >= 0.6 is 0 Å². The Labute approximate surface area is 82.3 Å². The number of carboxylic acids is 1. The number of nitrogens with zero attached hydrogens (tertiary/aromatic N) is 1. The van der Waals surface area contributed by atoms with Gasteiger partial charge >= 0.3 is 5.97 Å². The van der Waals surface area contributed by atoms with Gasteiger partial charge in [0.1, 0.15) is 0 Å². The molecule has 0 aromatic rings. The molecular weight excluding hydrogens is 186 g/mol. The van der Waals surface area contributed by atoms with Gasteiger partial charge < -0.3 is 5.11 Å². The van der Waals surface area contributed by atoms with E-state index in [9.17, 15) is 14.9 Å². The van der Waals surface area contributed by atoms with Crippen molar-refractivity contribution < 1.29 is 14.8 Å². The van der Waals surface area contributed by atoms with Gasteiger partial charge in [-0.1, -0.05) is 6.92 Å². The van der Waals surface area contributed by atoms with Crippen molar-refractivity contribution in [1.82, 2.24) is 0 Å². The monoisotopic (exact) mass is 201 g/mol. The average Bonchev–Trinajstić information content (AvgIpc) is 2.07. The summed E-state index contributed by atoms with van der Waals surface area (Å²) >= 11 is 0. The molecule has 0 aliphatic heterocycles. The summed E-state index contributed by atoms with van der Waals surface area (Å²) in [4.78, 5) is 20.9. The first-order valence-corrected chi connectivity index (χ1v) is 4.87. The van der Waals surface area contributed by atoms with Crippen LogP contribution in [0, 0.1) is 22.0 Å². The lowest BCUT2D eigenvalue weighted by Gasteiger charge is -2.29. The van der Waals surface area contributed by atoms with Gasteiger partial charge in [-0.2, -0.15) is 0 Å². The highest BCUT2D eigenvalue weighted by molar-refractivity contribution is 5.67. The van der Waals surface area contributed by atoms with Crippen molar-refractivity contribution in [3.63, 3.8) is 0 Å². The van der Waals surface area contributed by atoms with Crippen LogP contribution in [0.25, 0.3) is 0 Å². The molecule has 0 aromatic heterocycles. The summed E-state index contributed by atoms with van der Waals surface area (Å²) in [6, 6.07) is -0.658. The maximum atomic E-state index is 10.7. The molecule has 1 rings (SSSR count). The molecule has 0 aromatic carbocycles. The zero-order valence-corrected chi connectivity index (χ0v) is 8.18. The fraction of sp³-hybridized carbons (Fsp3) is 0.889. The van der Waals surface area contributed by atoms with Crippen molar-refractivity contribution in [2.24, 2.45) is 11.8 Å². The molecule has 3 atom stereocenters. The molecule has 0 saturated heterocycles. The van der Waals surface area contributed by atoms with E-state index in [1.165, 1.54) is 0 Å². The first kappa shape index (κ1) is 10.9. The minimum atomic E-state index is -0.935. The minimum Gasteiger partial charge on any atom is -0.481 e. The zero-order chi connectivity index (χ0) is 10.7. The fourth-order valence-electron chi connectivity index (χ4n) is 2.26. The second kappa shape index (κ2) is 4.39. The summed E-state index contributed by atoms with van der Waals surface area (Å²) in [5.41, 5.74) is 0. The highest BCUT2D eigenvalue weighted by Crippen LogP contribution is 2.33. The Balaban J connectivity index is 2.70. The Morgan fingerprint density at radius 2 is 2.21 bits per heavy atom. The number of nitro groups is 1. The third kappa shape index (κ3) is 2.43. The van der Waals surface area contributed by atoms with E-state index in [2.05, 4.69) is 0 Å². The van der Waals surface area contributed by atoms with Crippen LogP contribution in [0.15, 0.2) is 0 Å². The van der Waals surface area contributed by atoms with Gasteiger partial charge in [0.25, 0.3) is 0 Å². The van der Waals surface area contributed by atoms with E-state index in [0.717, 1.165) is 12.8 Å². The maximum Gasteiger partial charge on any atom is 0.303 e. The van der Waals surface area contributed by atoms with E-state index in [1.807, 2.05) is 6.92 Å². The van der Waals surface area contributed by atoms with E-state index in [1.54, 1.807) is 0 Å². The molecule has 5 heteroatoms. The Hall–Kier alpha value is -1.13. The van der Waals surface area contributed by atoms with Crippen molar-refractivity contribution in [3.05, 3.63) is 10.1 Å². The lowest BCUT2D eigenvalue weighted by Crippen LogP contribution is -2.38. The highest BCUT2D eigenvalue weighted by atomic mass is 16.6. The summed E-state index contributed by atoms with van der Waals surface area (Å²) < 4.78 is 0. The topological polar surface area (TPSA) is 80.4 Å². The standard InChI is InChI=1S/C9H15NO4/c1-6-3-2-4-8(10(13)14)7(6)5-9(11)12/h6-8H,2-5H2,1H3,(H,11,12)/t6-,7+,8+/m0/s1. The molecular formula is C9H15NO4. The Kier molecular flexibility index (Phi) is 3.43. The Morgan fingerprint density at radius 1 is 1.57 bits per heavy atom. The molecule has 0 bridgehead atoms. The van der Waals surface area contributed by atoms with Gasteiger partial charge in [-0.05, 0) is 18.8 Å². The Bertz CT molecular complexity index is 241. The number of rotatable bonds is 3. The number of carboxylic acid groups (broad SMARTS) is 1. The van der Waals surface area contributed by atoms with Crippen molar-refractivity contribution in [2.45, 2.75) is 38.6 Å². The van der Waals surface area contributed by atoms with Crippen LogP contribution in [-0.2, 0) is 4.79 Å². The van der Waals surface area contributed by atoms with Crippen LogP contribution < -0.4 is 0 Å². The van der Waals surface area contributed by atoms with E-state index in [-0.39, 0.29) is 23.2 Å². The number of hydrogen-bond donors (Lipinski definition) is 1. The van der Waals surface area contributed by atoms with Gasteiger partial charge in [-0.25, -0.2) is 0 Å². The number of aliphatic carboxylic acids is 1. The SMILES string of the molecule is C[C@H]1CCC[C@@H]([N+](=O)[O-])[C@@H]1CC(=O)O. The largest absolute Gasteiger partial charge is 0.481 e. The average molecular weight is 201 g/mol. The fourth-order valence-corrected chi connectivity index (χ4v) is 2.26. The first-order chi connectivity index (χ1) is 6.52. The van der Waals surface area contributed by atoms with Crippen LogP contribution in [0.5, 0.6) is 0 Å². The summed E-state index contributed by atoms with van der Waals surface area (Å²) in [5.74, 6) is -1.08. The molecule has 1 saturated carbocycles. The summed E-state index contributed by atoms with van der Waals surface area (Å²) in [5, 5.41) is 19.4. The minimum absolute atomic E-state index is 0.0766. The molecule has 1 aliphatic carbocycles. The van der Waals surface area contributed by atoms with E-state index >= 15 is 0 Å². The molecule has 1 fully saturated rings. The lowest BCUT2D eigenvalue weighted by atomic mass is 9.75. The van der Waals surface area contributed by atoms with Gasteiger partial charge in [-0.15, -0.1) is 0 Å². The third-order valence-electron chi connectivity index (χ3n) is 3.07. The molecule has 0 spiro atoms. The number of hydrogen-bond acceptors (Lipinski definition) is 3. The van der Waals surface area contributed by atoms with Gasteiger partial charge in [0.05, 0.1) is 6.42 Å². The van der Waals surface area contributed by atoms with E-state index in [4.69, 9.17) is 5.11 Å². The number of carbonyl (C=O) groups is 1. The third-order valence-corrected chi connectivity index (χ3v) is 3.07. The second-order valence-corrected chi connectivity index (χ2v) is 4.02. The first-order valence-electron chi connectivity index (χ1n) is 4.87. The van der Waals surface area contributed by atoms with Crippen LogP contribution in [0.1, 0.15) is 32.6 Å². The lowest BCUT2D eigenvalue weighted by molar-refractivity contribution is -0.537. The van der Waals surface area contributed by atoms with Gasteiger partial charge in [0.2, 0.25) is 6.04 Å².